The van der Waals surface area contributed by atoms with E-state index in [4.69, 9.17) is 16.3 Å². The van der Waals surface area contributed by atoms with Crippen LogP contribution in [-0.2, 0) is 4.79 Å². The first-order chi connectivity index (χ1) is 12.4. The number of halogens is 1. The summed E-state index contributed by atoms with van der Waals surface area (Å²) >= 11 is 7.24. The van der Waals surface area contributed by atoms with Crippen molar-refractivity contribution < 1.29 is 9.53 Å². The van der Waals surface area contributed by atoms with Gasteiger partial charge in [-0.3, -0.25) is 10.1 Å². The first kappa shape index (κ1) is 18.4. The molecule has 1 aromatic heterocycles. The van der Waals surface area contributed by atoms with Crippen molar-refractivity contribution in [3.8, 4) is 17.0 Å². The average molecular weight is 387 g/mol. The molecular weight excluding hydrogens is 368 g/mol. The van der Waals surface area contributed by atoms with Crippen molar-refractivity contribution in [2.75, 3.05) is 5.32 Å². The quantitative estimate of drug-likeness (QED) is 0.631. The number of hydrogen-bond acceptors (Lipinski definition) is 4. The van der Waals surface area contributed by atoms with Crippen LogP contribution >= 0.6 is 22.9 Å². The molecule has 1 amide bonds. The van der Waals surface area contributed by atoms with Crippen molar-refractivity contribution in [3.05, 3.63) is 64.0 Å². The zero-order valence-corrected chi connectivity index (χ0v) is 16.3. The molecule has 0 saturated heterocycles. The number of thiazole rings is 1. The van der Waals surface area contributed by atoms with Crippen LogP contribution in [-0.4, -0.2) is 17.0 Å². The average Bonchev–Trinajstić information content (AvgIpc) is 3.07. The van der Waals surface area contributed by atoms with Gasteiger partial charge in [0.15, 0.2) is 11.2 Å². The molecule has 3 aromatic rings. The Kier molecular flexibility index (Phi) is 5.59. The van der Waals surface area contributed by atoms with Gasteiger partial charge < -0.3 is 4.74 Å². The highest BCUT2D eigenvalue weighted by Gasteiger charge is 2.17. The number of anilines is 1. The molecule has 0 fully saturated rings. The van der Waals surface area contributed by atoms with Crippen LogP contribution in [0.2, 0.25) is 5.02 Å². The van der Waals surface area contributed by atoms with Crippen LogP contribution in [0.4, 0.5) is 5.13 Å². The number of ether oxygens (including phenoxy) is 1. The fourth-order valence-corrected chi connectivity index (χ4v) is 3.19. The Morgan fingerprint density at radius 2 is 1.88 bits per heavy atom. The summed E-state index contributed by atoms with van der Waals surface area (Å²) in [6, 6.07) is 13.1. The summed E-state index contributed by atoms with van der Waals surface area (Å²) < 4.78 is 5.63. The standard InChI is InChI=1S/C20H19ClN2O2S/c1-12-4-5-15(10-13(12)2)18-11-26-20(22-18)23-19(24)14(3)25-17-8-6-16(21)7-9-17/h4-11,14H,1-3H3,(H,22,23,24). The van der Waals surface area contributed by atoms with E-state index in [1.165, 1.54) is 22.5 Å². The lowest BCUT2D eigenvalue weighted by Crippen LogP contribution is -2.30. The molecule has 26 heavy (non-hydrogen) atoms. The highest BCUT2D eigenvalue weighted by molar-refractivity contribution is 7.14. The van der Waals surface area contributed by atoms with Crippen LogP contribution in [0.3, 0.4) is 0 Å². The highest BCUT2D eigenvalue weighted by Crippen LogP contribution is 2.26. The summed E-state index contributed by atoms with van der Waals surface area (Å²) in [7, 11) is 0. The molecule has 1 unspecified atom stereocenters. The molecular formula is C20H19ClN2O2S. The summed E-state index contributed by atoms with van der Waals surface area (Å²) in [5.74, 6) is 0.341. The third-order valence-corrected chi connectivity index (χ3v) is 5.04. The molecule has 1 N–H and O–H groups in total. The fraction of sp³-hybridized carbons (Fsp3) is 0.200. The van der Waals surface area contributed by atoms with Crippen molar-refractivity contribution in [2.45, 2.75) is 26.9 Å². The van der Waals surface area contributed by atoms with E-state index >= 15 is 0 Å². The minimum Gasteiger partial charge on any atom is -0.481 e. The van der Waals surface area contributed by atoms with E-state index in [-0.39, 0.29) is 5.91 Å². The molecule has 0 spiro atoms. The van der Waals surface area contributed by atoms with Crippen molar-refractivity contribution in [1.29, 1.82) is 0 Å². The van der Waals surface area contributed by atoms with Gasteiger partial charge in [0.05, 0.1) is 5.69 Å². The molecule has 4 nitrogen and oxygen atoms in total. The summed E-state index contributed by atoms with van der Waals surface area (Å²) in [4.78, 5) is 16.8. The van der Waals surface area contributed by atoms with Gasteiger partial charge in [-0.2, -0.15) is 0 Å². The minimum absolute atomic E-state index is 0.249. The van der Waals surface area contributed by atoms with Gasteiger partial charge in [-0.1, -0.05) is 23.7 Å². The number of carbonyl (C=O) groups is 1. The molecule has 1 atom stereocenters. The van der Waals surface area contributed by atoms with Gasteiger partial charge in [-0.15, -0.1) is 11.3 Å². The van der Waals surface area contributed by atoms with E-state index in [9.17, 15) is 4.79 Å². The number of nitrogens with one attached hydrogen (secondary N) is 1. The number of rotatable bonds is 5. The zero-order valence-electron chi connectivity index (χ0n) is 14.7. The Morgan fingerprint density at radius 1 is 1.15 bits per heavy atom. The summed E-state index contributed by atoms with van der Waals surface area (Å²) in [6.07, 6.45) is -0.648. The molecule has 0 saturated carbocycles. The van der Waals surface area contributed by atoms with Crippen LogP contribution in [0.25, 0.3) is 11.3 Å². The summed E-state index contributed by atoms with van der Waals surface area (Å²) in [5.41, 5.74) is 4.34. The maximum atomic E-state index is 12.3. The van der Waals surface area contributed by atoms with E-state index in [1.807, 2.05) is 11.4 Å². The largest absolute Gasteiger partial charge is 0.481 e. The van der Waals surface area contributed by atoms with Gasteiger partial charge in [0.25, 0.3) is 5.91 Å². The van der Waals surface area contributed by atoms with Gasteiger partial charge >= 0.3 is 0 Å². The molecule has 0 aliphatic rings. The zero-order chi connectivity index (χ0) is 18.7. The molecule has 1 heterocycles. The van der Waals surface area contributed by atoms with Gasteiger partial charge in [0.2, 0.25) is 0 Å². The van der Waals surface area contributed by atoms with Gasteiger partial charge in [0.1, 0.15) is 5.75 Å². The molecule has 0 aliphatic heterocycles. The summed E-state index contributed by atoms with van der Waals surface area (Å²) in [6.45, 7) is 5.85. The topological polar surface area (TPSA) is 51.2 Å². The highest BCUT2D eigenvalue weighted by atomic mass is 35.5. The number of nitrogens with zero attached hydrogens (tertiary/aromatic N) is 1. The Balaban J connectivity index is 1.65. The molecule has 134 valence electrons. The SMILES string of the molecule is Cc1ccc(-c2csc(NC(=O)C(C)Oc3ccc(Cl)cc3)n2)cc1C. The van der Waals surface area contributed by atoms with Crippen LogP contribution in [0.1, 0.15) is 18.1 Å². The smallest absolute Gasteiger partial charge is 0.266 e. The number of benzene rings is 2. The Hall–Kier alpha value is -2.37. The number of carbonyl (C=O) groups excluding carboxylic acids is 1. The molecule has 0 radical (unpaired) electrons. The van der Waals surface area contributed by atoms with E-state index in [2.05, 4.69) is 36.3 Å². The third kappa shape index (κ3) is 4.42. The molecule has 0 bridgehead atoms. The van der Waals surface area contributed by atoms with E-state index in [0.717, 1.165) is 11.3 Å². The second-order valence-corrected chi connectivity index (χ2v) is 7.33. The van der Waals surface area contributed by atoms with Gasteiger partial charge in [-0.25, -0.2) is 4.98 Å². The van der Waals surface area contributed by atoms with Crippen LogP contribution in [0.5, 0.6) is 5.75 Å². The van der Waals surface area contributed by atoms with E-state index < -0.39 is 6.10 Å². The second kappa shape index (κ2) is 7.89. The normalized spacial score (nSPS) is 11.8. The predicted molar refractivity (Wildman–Crippen MR) is 107 cm³/mol. The molecule has 0 aliphatic carbocycles. The Labute approximate surface area is 161 Å². The van der Waals surface area contributed by atoms with E-state index in [0.29, 0.717) is 15.9 Å². The fourth-order valence-electron chi connectivity index (χ4n) is 2.34. The molecule has 3 rings (SSSR count). The number of hydrogen-bond donors (Lipinski definition) is 1. The minimum atomic E-state index is -0.648. The number of aryl methyl sites for hydroxylation is 2. The van der Waals surface area contributed by atoms with Crippen molar-refractivity contribution in [1.82, 2.24) is 4.98 Å². The third-order valence-electron chi connectivity index (χ3n) is 4.03. The van der Waals surface area contributed by atoms with Gasteiger partial charge in [-0.05, 0) is 62.2 Å². The van der Waals surface area contributed by atoms with Crippen molar-refractivity contribution in [3.63, 3.8) is 0 Å². The van der Waals surface area contributed by atoms with Crippen molar-refractivity contribution in [2.24, 2.45) is 0 Å². The van der Waals surface area contributed by atoms with Crippen LogP contribution in [0, 0.1) is 13.8 Å². The maximum Gasteiger partial charge on any atom is 0.266 e. The maximum absolute atomic E-state index is 12.3. The first-order valence-corrected chi connectivity index (χ1v) is 9.44. The lowest BCUT2D eigenvalue weighted by molar-refractivity contribution is -0.122. The number of aromatic nitrogens is 1. The van der Waals surface area contributed by atoms with Crippen LogP contribution < -0.4 is 10.1 Å². The van der Waals surface area contributed by atoms with Gasteiger partial charge in [0, 0.05) is 16.0 Å². The lowest BCUT2D eigenvalue weighted by atomic mass is 10.1. The number of amides is 1. The monoisotopic (exact) mass is 386 g/mol. The molecule has 6 heteroatoms. The molecule has 2 aromatic carbocycles. The summed E-state index contributed by atoms with van der Waals surface area (Å²) in [5, 5.41) is 5.91. The van der Waals surface area contributed by atoms with E-state index in [1.54, 1.807) is 31.2 Å². The Morgan fingerprint density at radius 3 is 2.58 bits per heavy atom. The first-order valence-electron chi connectivity index (χ1n) is 8.18. The second-order valence-electron chi connectivity index (χ2n) is 6.04. The predicted octanol–water partition coefficient (Wildman–Crippen LogP) is 5.49. The van der Waals surface area contributed by atoms with Crippen molar-refractivity contribution >= 4 is 34.0 Å². The van der Waals surface area contributed by atoms with Crippen LogP contribution in [0.15, 0.2) is 47.8 Å². The Bertz CT molecular complexity index is 922. The lowest BCUT2D eigenvalue weighted by Gasteiger charge is -2.13.